The second-order valence-corrected chi connectivity index (χ2v) is 4.11. The Morgan fingerprint density at radius 1 is 1.23 bits per heavy atom. The van der Waals surface area contributed by atoms with E-state index < -0.39 is 0 Å². The number of aliphatic hydroxyl groups excluding tert-OH is 1. The van der Waals surface area contributed by atoms with Crippen LogP contribution >= 0.6 is 0 Å². The normalized spacial score (nSPS) is 16.2. The summed E-state index contributed by atoms with van der Waals surface area (Å²) in [6.45, 7) is 9.22. The summed E-state index contributed by atoms with van der Waals surface area (Å²) in [7, 11) is 0. The molecule has 0 amide bonds. The zero-order valence-electron chi connectivity index (χ0n) is 9.51. The third-order valence-corrected chi connectivity index (χ3v) is 2.52. The minimum atomic E-state index is -0.203. The van der Waals surface area contributed by atoms with E-state index in [0.29, 0.717) is 12.0 Å². The second kappa shape index (κ2) is 7.34. The monoisotopic (exact) mass is 187 g/mol. The molecule has 0 spiro atoms. The van der Waals surface area contributed by atoms with E-state index in [1.54, 1.807) is 0 Å². The number of hydrogen-bond donors (Lipinski definition) is 2. The van der Waals surface area contributed by atoms with E-state index in [1.807, 2.05) is 13.8 Å². The molecule has 80 valence electrons. The first kappa shape index (κ1) is 12.9. The summed E-state index contributed by atoms with van der Waals surface area (Å²) >= 11 is 0. The van der Waals surface area contributed by atoms with Gasteiger partial charge in [0, 0.05) is 12.6 Å². The highest BCUT2D eigenvalue weighted by molar-refractivity contribution is 4.69. The summed E-state index contributed by atoms with van der Waals surface area (Å²) in [5, 5.41) is 13.0. The topological polar surface area (TPSA) is 32.3 Å². The van der Waals surface area contributed by atoms with Gasteiger partial charge in [-0.25, -0.2) is 0 Å². The Morgan fingerprint density at radius 2 is 1.85 bits per heavy atom. The molecular formula is C11H25NO. The quantitative estimate of drug-likeness (QED) is 0.640. The van der Waals surface area contributed by atoms with E-state index in [0.717, 1.165) is 13.0 Å². The lowest BCUT2D eigenvalue weighted by Crippen LogP contribution is -2.37. The van der Waals surface area contributed by atoms with Gasteiger partial charge in [-0.1, -0.05) is 34.1 Å². The van der Waals surface area contributed by atoms with Gasteiger partial charge in [-0.15, -0.1) is 0 Å². The molecule has 0 bridgehead atoms. The molecular weight excluding hydrogens is 162 g/mol. The van der Waals surface area contributed by atoms with Crippen molar-refractivity contribution in [2.75, 3.05) is 6.54 Å². The number of aliphatic hydroxyl groups is 1. The van der Waals surface area contributed by atoms with Crippen LogP contribution in [0.4, 0.5) is 0 Å². The maximum absolute atomic E-state index is 9.58. The molecule has 2 N–H and O–H groups in total. The largest absolute Gasteiger partial charge is 0.392 e. The molecule has 0 aliphatic heterocycles. The lowest BCUT2D eigenvalue weighted by atomic mass is 10.1. The molecule has 0 saturated heterocycles. The summed E-state index contributed by atoms with van der Waals surface area (Å²) in [6, 6.07) is 0.582. The van der Waals surface area contributed by atoms with E-state index in [1.165, 1.54) is 12.8 Å². The molecule has 0 aromatic carbocycles. The molecule has 0 aromatic rings. The van der Waals surface area contributed by atoms with Gasteiger partial charge >= 0.3 is 0 Å². The van der Waals surface area contributed by atoms with E-state index in [9.17, 15) is 5.11 Å². The molecule has 2 nitrogen and oxygen atoms in total. The van der Waals surface area contributed by atoms with Gasteiger partial charge in [-0.2, -0.15) is 0 Å². The van der Waals surface area contributed by atoms with Crippen molar-refractivity contribution in [2.45, 2.75) is 59.1 Å². The number of hydrogen-bond acceptors (Lipinski definition) is 2. The molecule has 2 unspecified atom stereocenters. The molecule has 0 heterocycles. The van der Waals surface area contributed by atoms with Crippen LogP contribution in [0.3, 0.4) is 0 Å². The van der Waals surface area contributed by atoms with Crippen molar-refractivity contribution < 1.29 is 5.11 Å². The van der Waals surface area contributed by atoms with E-state index >= 15 is 0 Å². The lowest BCUT2D eigenvalue weighted by molar-refractivity contribution is 0.119. The molecule has 0 radical (unpaired) electrons. The Morgan fingerprint density at radius 3 is 2.23 bits per heavy atom. The second-order valence-electron chi connectivity index (χ2n) is 4.11. The van der Waals surface area contributed by atoms with Crippen LogP contribution < -0.4 is 5.32 Å². The maximum atomic E-state index is 9.58. The third kappa shape index (κ3) is 6.05. The predicted octanol–water partition coefficient (Wildman–Crippen LogP) is 2.17. The predicted molar refractivity (Wildman–Crippen MR) is 57.8 cm³/mol. The molecule has 2 heteroatoms. The molecule has 0 aromatic heterocycles. The highest BCUT2D eigenvalue weighted by Crippen LogP contribution is 2.03. The smallest absolute Gasteiger partial charge is 0.0687 e. The van der Waals surface area contributed by atoms with Gasteiger partial charge in [0.1, 0.15) is 0 Å². The Balaban J connectivity index is 3.58. The highest BCUT2D eigenvalue weighted by Gasteiger charge is 2.11. The molecule has 13 heavy (non-hydrogen) atoms. The van der Waals surface area contributed by atoms with Crippen LogP contribution in [0.2, 0.25) is 0 Å². The van der Waals surface area contributed by atoms with Crippen LogP contribution in [-0.4, -0.2) is 23.8 Å². The minimum absolute atomic E-state index is 0.203. The number of nitrogens with one attached hydrogen (secondary N) is 1. The van der Waals surface area contributed by atoms with E-state index in [2.05, 4.69) is 19.2 Å². The van der Waals surface area contributed by atoms with Crippen molar-refractivity contribution in [3.63, 3.8) is 0 Å². The van der Waals surface area contributed by atoms with Crippen LogP contribution in [-0.2, 0) is 0 Å². The fourth-order valence-electron chi connectivity index (χ4n) is 1.32. The molecule has 0 fully saturated rings. The van der Waals surface area contributed by atoms with Crippen LogP contribution in [0.1, 0.15) is 47.0 Å². The lowest BCUT2D eigenvalue weighted by Gasteiger charge is -2.20. The molecule has 0 rings (SSSR count). The van der Waals surface area contributed by atoms with Gasteiger partial charge in [0.25, 0.3) is 0 Å². The van der Waals surface area contributed by atoms with Crippen molar-refractivity contribution in [1.29, 1.82) is 0 Å². The molecule has 2 atom stereocenters. The fourth-order valence-corrected chi connectivity index (χ4v) is 1.32. The standard InChI is InChI=1S/C11H25NO/c1-5-7-10(6-2)12-8-11(13)9(3)4/h9-13H,5-8H2,1-4H3. The summed E-state index contributed by atoms with van der Waals surface area (Å²) in [6.07, 6.45) is 3.37. The first-order valence-corrected chi connectivity index (χ1v) is 5.53. The number of rotatable bonds is 7. The van der Waals surface area contributed by atoms with Gasteiger partial charge in [0.2, 0.25) is 0 Å². The summed E-state index contributed by atoms with van der Waals surface area (Å²) in [5.74, 6) is 0.353. The van der Waals surface area contributed by atoms with Gasteiger partial charge in [0.15, 0.2) is 0 Å². The fraction of sp³-hybridized carbons (Fsp3) is 1.00. The van der Waals surface area contributed by atoms with Crippen LogP contribution in [0, 0.1) is 5.92 Å². The molecule has 0 aliphatic rings. The third-order valence-electron chi connectivity index (χ3n) is 2.52. The van der Waals surface area contributed by atoms with Crippen LogP contribution in [0.15, 0.2) is 0 Å². The van der Waals surface area contributed by atoms with Crippen LogP contribution in [0.25, 0.3) is 0 Å². The van der Waals surface area contributed by atoms with E-state index in [4.69, 9.17) is 0 Å². The first-order valence-electron chi connectivity index (χ1n) is 5.53. The van der Waals surface area contributed by atoms with Crippen molar-refractivity contribution in [3.8, 4) is 0 Å². The molecule has 0 saturated carbocycles. The van der Waals surface area contributed by atoms with Crippen molar-refractivity contribution in [1.82, 2.24) is 5.32 Å². The average Bonchev–Trinajstić information content (AvgIpc) is 2.11. The maximum Gasteiger partial charge on any atom is 0.0687 e. The Kier molecular flexibility index (Phi) is 7.29. The highest BCUT2D eigenvalue weighted by atomic mass is 16.3. The summed E-state index contributed by atoms with van der Waals surface area (Å²) in [4.78, 5) is 0. The Hall–Kier alpha value is -0.0800. The Labute approximate surface area is 82.7 Å². The first-order chi connectivity index (χ1) is 6.11. The summed E-state index contributed by atoms with van der Waals surface area (Å²) in [5.41, 5.74) is 0. The van der Waals surface area contributed by atoms with Crippen LogP contribution in [0.5, 0.6) is 0 Å². The van der Waals surface area contributed by atoms with Gasteiger partial charge in [0.05, 0.1) is 6.10 Å². The average molecular weight is 187 g/mol. The zero-order valence-corrected chi connectivity index (χ0v) is 9.51. The van der Waals surface area contributed by atoms with Gasteiger partial charge in [-0.3, -0.25) is 0 Å². The SMILES string of the molecule is CCCC(CC)NCC(O)C(C)C. The van der Waals surface area contributed by atoms with Crippen molar-refractivity contribution in [2.24, 2.45) is 5.92 Å². The Bertz CT molecular complexity index is 115. The minimum Gasteiger partial charge on any atom is -0.392 e. The zero-order chi connectivity index (χ0) is 10.3. The van der Waals surface area contributed by atoms with Gasteiger partial charge < -0.3 is 10.4 Å². The van der Waals surface area contributed by atoms with E-state index in [-0.39, 0.29) is 6.10 Å². The summed E-state index contributed by atoms with van der Waals surface area (Å²) < 4.78 is 0. The van der Waals surface area contributed by atoms with Crippen molar-refractivity contribution in [3.05, 3.63) is 0 Å². The van der Waals surface area contributed by atoms with Gasteiger partial charge in [-0.05, 0) is 18.8 Å². The van der Waals surface area contributed by atoms with Crippen molar-refractivity contribution >= 4 is 0 Å². The molecule has 0 aliphatic carbocycles.